The molecule has 7 aromatic rings. The van der Waals surface area contributed by atoms with Gasteiger partial charge in [-0.3, -0.25) is 0 Å². The highest BCUT2D eigenvalue weighted by Crippen LogP contribution is 2.42. The van der Waals surface area contributed by atoms with Gasteiger partial charge in [0, 0.05) is 0 Å². The first kappa shape index (κ1) is 41.6. The molecule has 1 unspecified atom stereocenters. The molecule has 0 N–H and O–H groups in total. The fourth-order valence-corrected chi connectivity index (χ4v) is 7.59. The van der Waals surface area contributed by atoms with Gasteiger partial charge in [0.15, 0.2) is 12.2 Å². The van der Waals surface area contributed by atoms with Crippen molar-refractivity contribution in [1.29, 1.82) is 0 Å². The summed E-state index contributed by atoms with van der Waals surface area (Å²) in [5.41, 5.74) is 2.81. The molecule has 1 saturated heterocycles. The second-order valence-electron chi connectivity index (χ2n) is 14.6. The molecule has 0 radical (unpaired) electrons. The van der Waals surface area contributed by atoms with Crippen LogP contribution in [0.5, 0.6) is 0 Å². The molecule has 1 heterocycles. The molecule has 0 amide bonds. The highest BCUT2D eigenvalue weighted by molar-refractivity contribution is 5.91. The monoisotopic (exact) mass is 824 g/mol. The van der Waals surface area contributed by atoms with E-state index in [2.05, 4.69) is 0 Å². The molecule has 0 aromatic heterocycles. The first-order chi connectivity index (χ1) is 30.5. The third-order valence-electron chi connectivity index (χ3n) is 10.6. The normalized spacial score (nSPS) is 18.5. The molecule has 8 rings (SSSR count). The molecule has 0 spiro atoms. The Morgan fingerprint density at radius 1 is 0.419 bits per heavy atom. The van der Waals surface area contributed by atoms with Crippen LogP contribution < -0.4 is 0 Å². The summed E-state index contributed by atoms with van der Waals surface area (Å²) < 4.78 is 39.6. The van der Waals surface area contributed by atoms with Crippen LogP contribution in [0.1, 0.15) is 53.3 Å². The van der Waals surface area contributed by atoms with E-state index in [-0.39, 0.29) is 29.9 Å². The van der Waals surface area contributed by atoms with Crippen molar-refractivity contribution in [2.45, 2.75) is 42.9 Å². The summed E-state index contributed by atoms with van der Waals surface area (Å²) >= 11 is 0. The Morgan fingerprint density at radius 2 is 0.774 bits per heavy atom. The maximum Gasteiger partial charge on any atom is 0.340 e. The minimum absolute atomic E-state index is 0.0131. The number of rotatable bonds is 15. The van der Waals surface area contributed by atoms with Crippen molar-refractivity contribution in [3.05, 3.63) is 251 Å². The van der Waals surface area contributed by atoms with Crippen molar-refractivity contribution < 1.29 is 42.8 Å². The minimum atomic E-state index is -1.56. The molecular formula is C53H44O9. The number of ether oxygens (including phenoxy) is 6. The van der Waals surface area contributed by atoms with Gasteiger partial charge in [-0.25, -0.2) is 14.4 Å². The molecule has 9 nitrogen and oxygen atoms in total. The van der Waals surface area contributed by atoms with Crippen LogP contribution in [0.4, 0.5) is 0 Å². The van der Waals surface area contributed by atoms with Crippen LogP contribution in [-0.4, -0.2) is 55.2 Å². The molecule has 5 atom stereocenters. The van der Waals surface area contributed by atoms with Crippen LogP contribution in [0.3, 0.4) is 0 Å². The summed E-state index contributed by atoms with van der Waals surface area (Å²) in [7, 11) is 0. The van der Waals surface area contributed by atoms with E-state index in [4.69, 9.17) is 28.4 Å². The highest BCUT2D eigenvalue weighted by Gasteiger charge is 2.54. The maximum atomic E-state index is 14.2. The van der Waals surface area contributed by atoms with Crippen LogP contribution in [0.25, 0.3) is 0 Å². The van der Waals surface area contributed by atoms with Gasteiger partial charge in [0.25, 0.3) is 0 Å². The molecule has 310 valence electrons. The van der Waals surface area contributed by atoms with Gasteiger partial charge in [-0.15, -0.1) is 0 Å². The summed E-state index contributed by atoms with van der Waals surface area (Å²) in [6, 6.07) is 64.2. The highest BCUT2D eigenvalue weighted by atomic mass is 16.7. The topological polar surface area (TPSA) is 107 Å². The van der Waals surface area contributed by atoms with Crippen LogP contribution in [0.2, 0.25) is 0 Å². The van der Waals surface area contributed by atoms with Crippen molar-refractivity contribution in [3.63, 3.8) is 0 Å². The summed E-state index contributed by atoms with van der Waals surface area (Å²) in [6.45, 7) is -0.214. The van der Waals surface area contributed by atoms with Crippen LogP contribution >= 0.6 is 0 Å². The van der Waals surface area contributed by atoms with E-state index in [0.717, 1.165) is 22.3 Å². The van der Waals surface area contributed by atoms with Crippen molar-refractivity contribution >= 4 is 17.9 Å². The molecular weight excluding hydrogens is 781 g/mol. The Kier molecular flexibility index (Phi) is 13.4. The van der Waals surface area contributed by atoms with Crippen LogP contribution in [0, 0.1) is 0 Å². The third kappa shape index (κ3) is 9.56. The number of carbonyl (C=O) groups excluding carboxylic acids is 3. The quantitative estimate of drug-likeness (QED) is 0.0568. The lowest BCUT2D eigenvalue weighted by atomic mass is 9.80. The number of hydrogen-bond donors (Lipinski definition) is 0. The van der Waals surface area contributed by atoms with Crippen molar-refractivity contribution in [2.75, 3.05) is 6.61 Å². The zero-order chi connectivity index (χ0) is 42.6. The summed E-state index contributed by atoms with van der Waals surface area (Å²) in [5, 5.41) is 0. The van der Waals surface area contributed by atoms with E-state index in [1.54, 1.807) is 91.0 Å². The van der Waals surface area contributed by atoms with Gasteiger partial charge < -0.3 is 28.4 Å². The van der Waals surface area contributed by atoms with Crippen molar-refractivity contribution in [1.82, 2.24) is 0 Å². The minimum Gasteiger partial charge on any atom is -0.453 e. The third-order valence-corrected chi connectivity index (χ3v) is 10.6. The summed E-state index contributed by atoms with van der Waals surface area (Å²) in [6.07, 6.45) is -6.71. The zero-order valence-corrected chi connectivity index (χ0v) is 33.7. The SMILES string of the molecule is O=C(OC1O[C@H](COC(c2ccccc2)(c2ccccc2)c2ccccc2)[C@@H](OC(=O)c2ccccc2)[C@H](OCc2ccccc2)[C@H]1OC(=O)c1ccccc1)c1ccccc1. The van der Waals surface area contributed by atoms with E-state index in [0.29, 0.717) is 0 Å². The Labute approximate surface area is 360 Å². The molecule has 62 heavy (non-hydrogen) atoms. The first-order valence-electron chi connectivity index (χ1n) is 20.4. The molecule has 1 fully saturated rings. The second-order valence-corrected chi connectivity index (χ2v) is 14.6. The van der Waals surface area contributed by atoms with Crippen LogP contribution in [0.15, 0.2) is 212 Å². The van der Waals surface area contributed by atoms with Crippen LogP contribution in [-0.2, 0) is 40.6 Å². The van der Waals surface area contributed by atoms with E-state index in [9.17, 15) is 14.4 Å². The predicted octanol–water partition coefficient (Wildman–Crippen LogP) is 9.61. The van der Waals surface area contributed by atoms with E-state index in [1.165, 1.54) is 0 Å². The van der Waals surface area contributed by atoms with Crippen molar-refractivity contribution in [3.8, 4) is 0 Å². The van der Waals surface area contributed by atoms with Gasteiger partial charge in [-0.2, -0.15) is 0 Å². The lowest BCUT2D eigenvalue weighted by Gasteiger charge is -2.45. The van der Waals surface area contributed by atoms with Crippen molar-refractivity contribution in [2.24, 2.45) is 0 Å². The second kappa shape index (κ2) is 19.9. The molecule has 0 bridgehead atoms. The summed E-state index contributed by atoms with van der Waals surface area (Å²) in [4.78, 5) is 42.1. The lowest BCUT2D eigenvalue weighted by Crippen LogP contribution is -2.63. The lowest BCUT2D eigenvalue weighted by molar-refractivity contribution is -0.297. The Morgan fingerprint density at radius 3 is 1.19 bits per heavy atom. The van der Waals surface area contributed by atoms with Gasteiger partial charge in [-0.05, 0) is 58.7 Å². The van der Waals surface area contributed by atoms with E-state index < -0.39 is 54.2 Å². The molecule has 1 aliphatic rings. The van der Waals surface area contributed by atoms with E-state index in [1.807, 2.05) is 121 Å². The van der Waals surface area contributed by atoms with Gasteiger partial charge in [-0.1, -0.05) is 176 Å². The molecule has 9 heteroatoms. The largest absolute Gasteiger partial charge is 0.453 e. The average Bonchev–Trinajstić information content (AvgIpc) is 3.34. The fraction of sp³-hybridized carbons (Fsp3) is 0.151. The van der Waals surface area contributed by atoms with Gasteiger partial charge >= 0.3 is 17.9 Å². The Balaban J connectivity index is 1.25. The Hall–Kier alpha value is -7.17. The van der Waals surface area contributed by atoms with E-state index >= 15 is 0 Å². The number of esters is 3. The van der Waals surface area contributed by atoms with Gasteiger partial charge in [0.2, 0.25) is 6.29 Å². The maximum absolute atomic E-state index is 14.2. The number of benzene rings is 7. The predicted molar refractivity (Wildman–Crippen MR) is 232 cm³/mol. The number of hydrogen-bond acceptors (Lipinski definition) is 9. The molecule has 0 aliphatic carbocycles. The first-order valence-corrected chi connectivity index (χ1v) is 20.4. The molecule has 7 aromatic carbocycles. The van der Waals surface area contributed by atoms with Gasteiger partial charge in [0.1, 0.15) is 17.8 Å². The van der Waals surface area contributed by atoms with Gasteiger partial charge in [0.05, 0.1) is 29.9 Å². The Bertz CT molecular complexity index is 2390. The summed E-state index contributed by atoms with van der Waals surface area (Å²) in [5.74, 6) is -2.14. The standard InChI is InChI=1S/C53H44O9/c54-49(39-24-10-2-11-25-39)60-46-45(37-58-53(42-30-16-5-17-31-42,43-32-18-6-19-33-43)44-34-20-7-21-35-44)59-52(62-51(56)41-28-14-4-15-29-41)48(61-50(55)40-26-12-3-13-27-40)47(46)57-36-38-22-8-1-9-23-38/h1-35,45-48,52H,36-37H2/t45-,46-,47+,48-,52?/m1/s1. The average molecular weight is 825 g/mol. The molecule has 1 aliphatic heterocycles. The smallest absolute Gasteiger partial charge is 0.340 e. The molecule has 0 saturated carbocycles. The zero-order valence-electron chi connectivity index (χ0n) is 33.7. The fourth-order valence-electron chi connectivity index (χ4n) is 7.59. The number of carbonyl (C=O) groups is 3.